The van der Waals surface area contributed by atoms with Crippen molar-refractivity contribution in [3.05, 3.63) is 108 Å². The van der Waals surface area contributed by atoms with Gasteiger partial charge in [-0.1, -0.05) is 54.6 Å². The predicted molar refractivity (Wildman–Crippen MR) is 138 cm³/mol. The summed E-state index contributed by atoms with van der Waals surface area (Å²) in [7, 11) is 1.11. The van der Waals surface area contributed by atoms with E-state index in [4.69, 9.17) is 27.5 Å². The lowest BCUT2D eigenvalue weighted by Gasteiger charge is -2.42. The number of esters is 4. The van der Waals surface area contributed by atoms with Gasteiger partial charge in [0.25, 0.3) is 0 Å². The fourth-order valence-electron chi connectivity index (χ4n) is 3.87. The monoisotopic (exact) mass is 598 g/mol. The molecule has 5 atom stereocenters. The van der Waals surface area contributed by atoms with E-state index in [9.17, 15) is 19.2 Å². The minimum atomic E-state index is -1.61. The molecule has 0 aromatic heterocycles. The van der Waals surface area contributed by atoms with Crippen LogP contribution in [0.1, 0.15) is 31.1 Å². The Hall–Kier alpha value is -4.06. The fraction of sp³-hybridized carbons (Fsp3) is 0.214. The molecule has 0 radical (unpaired) electrons. The maximum atomic E-state index is 13.1. The number of rotatable bonds is 8. The Morgan fingerprint density at radius 1 is 0.615 bits per heavy atom. The largest absolute Gasteiger partial charge is 0.467 e. The van der Waals surface area contributed by atoms with Crippen molar-refractivity contribution in [1.82, 2.24) is 0 Å². The molecule has 39 heavy (non-hydrogen) atoms. The summed E-state index contributed by atoms with van der Waals surface area (Å²) in [6.07, 6.45) is -7.71. The summed E-state index contributed by atoms with van der Waals surface area (Å²) in [4.78, 5) is 52.0. The third-order valence-corrected chi connectivity index (χ3v) is 6.14. The van der Waals surface area contributed by atoms with Gasteiger partial charge in [-0.05, 0) is 36.4 Å². The first-order chi connectivity index (χ1) is 18.9. The molecule has 1 heterocycles. The maximum absolute atomic E-state index is 13.1. The van der Waals surface area contributed by atoms with E-state index in [1.54, 1.807) is 54.6 Å². The average Bonchev–Trinajstić information content (AvgIpc) is 2.99. The summed E-state index contributed by atoms with van der Waals surface area (Å²) < 4.78 is 32.8. The van der Waals surface area contributed by atoms with Gasteiger partial charge in [0.1, 0.15) is 16.3 Å². The van der Waals surface area contributed by atoms with Crippen LogP contribution in [0, 0.1) is 0 Å². The molecule has 0 amide bonds. The third-order valence-electron chi connectivity index (χ3n) is 5.77. The minimum Gasteiger partial charge on any atom is -0.467 e. The van der Waals surface area contributed by atoms with Crippen LogP contribution in [0.5, 0.6) is 0 Å². The Morgan fingerprint density at radius 3 is 1.38 bits per heavy atom. The molecule has 0 bridgehead atoms. The van der Waals surface area contributed by atoms with Crippen molar-refractivity contribution in [3.8, 4) is 0 Å². The van der Waals surface area contributed by atoms with E-state index in [-0.39, 0.29) is 16.7 Å². The number of benzene rings is 3. The van der Waals surface area contributed by atoms with Crippen molar-refractivity contribution in [2.75, 3.05) is 7.11 Å². The first-order valence-electron chi connectivity index (χ1n) is 11.7. The van der Waals surface area contributed by atoms with Gasteiger partial charge in [0.05, 0.1) is 23.8 Å². The number of hydrogen-bond acceptors (Lipinski definition) is 10. The molecule has 1 aliphatic heterocycles. The zero-order valence-electron chi connectivity index (χ0n) is 20.5. The molecule has 1 fully saturated rings. The van der Waals surface area contributed by atoms with Gasteiger partial charge in [0.2, 0.25) is 6.29 Å². The van der Waals surface area contributed by atoms with Crippen LogP contribution in [0.2, 0.25) is 0 Å². The van der Waals surface area contributed by atoms with Crippen LogP contribution >= 0.6 is 16.3 Å². The van der Waals surface area contributed by atoms with Gasteiger partial charge in [-0.3, -0.25) is 3.83 Å². The van der Waals surface area contributed by atoms with E-state index in [0.717, 1.165) is 7.11 Å². The fourth-order valence-corrected chi connectivity index (χ4v) is 4.18. The number of carbonyl (C=O) groups is 4. The third kappa shape index (κ3) is 6.69. The van der Waals surface area contributed by atoms with Crippen LogP contribution < -0.4 is 0 Å². The topological polar surface area (TPSA) is 124 Å². The maximum Gasteiger partial charge on any atom is 0.339 e. The van der Waals surface area contributed by atoms with E-state index < -0.39 is 54.6 Å². The van der Waals surface area contributed by atoms with Crippen molar-refractivity contribution in [2.45, 2.75) is 30.7 Å². The lowest BCUT2D eigenvalue weighted by molar-refractivity contribution is -0.265. The first-order valence-corrected chi connectivity index (χ1v) is 12.4. The summed E-state index contributed by atoms with van der Waals surface area (Å²) >= 11 is 2.83. The van der Waals surface area contributed by atoms with Crippen LogP contribution in [0.3, 0.4) is 0 Å². The van der Waals surface area contributed by atoms with E-state index in [1.165, 1.54) is 36.4 Å². The predicted octanol–water partition coefficient (Wildman–Crippen LogP) is 3.89. The number of ether oxygens (including phenoxy) is 5. The summed E-state index contributed by atoms with van der Waals surface area (Å²) in [5, 5.41) is 0. The van der Waals surface area contributed by atoms with E-state index in [0.29, 0.717) is 0 Å². The van der Waals surface area contributed by atoms with Crippen LogP contribution in [0.25, 0.3) is 0 Å². The molecule has 1 aliphatic rings. The molecule has 0 aliphatic carbocycles. The molecule has 11 heteroatoms. The summed E-state index contributed by atoms with van der Waals surface area (Å²) in [6, 6.07) is 24.0. The van der Waals surface area contributed by atoms with Crippen LogP contribution in [0.15, 0.2) is 91.0 Å². The minimum absolute atomic E-state index is 0.158. The Morgan fingerprint density at radius 2 is 1.00 bits per heavy atom. The molecule has 3 aromatic carbocycles. The van der Waals surface area contributed by atoms with Gasteiger partial charge >= 0.3 is 23.9 Å². The molecule has 0 saturated carbocycles. The average molecular weight is 599 g/mol. The first kappa shape index (κ1) is 28.0. The molecule has 1 saturated heterocycles. The van der Waals surface area contributed by atoms with Gasteiger partial charge in [0, 0.05) is 0 Å². The van der Waals surface area contributed by atoms with Crippen LogP contribution in [-0.2, 0) is 32.3 Å². The highest BCUT2D eigenvalue weighted by Gasteiger charge is 2.56. The molecule has 10 nitrogen and oxygen atoms in total. The van der Waals surface area contributed by atoms with Gasteiger partial charge < -0.3 is 23.7 Å². The van der Waals surface area contributed by atoms with Crippen molar-refractivity contribution in [3.63, 3.8) is 0 Å². The second-order valence-electron chi connectivity index (χ2n) is 8.25. The van der Waals surface area contributed by atoms with Crippen LogP contribution in [-0.4, -0.2) is 61.7 Å². The van der Waals surface area contributed by atoms with Gasteiger partial charge in [0.15, 0.2) is 24.4 Å². The second kappa shape index (κ2) is 13.1. The highest BCUT2D eigenvalue weighted by Crippen LogP contribution is 2.32. The van der Waals surface area contributed by atoms with Gasteiger partial charge in [-0.25, -0.2) is 19.2 Å². The van der Waals surface area contributed by atoms with Crippen molar-refractivity contribution in [1.29, 1.82) is 0 Å². The Balaban J connectivity index is 1.74. The normalized spacial score (nSPS) is 22.3. The van der Waals surface area contributed by atoms with Gasteiger partial charge in [-0.15, -0.1) is 0 Å². The molecular formula is C28H23BrO10. The highest BCUT2D eigenvalue weighted by atomic mass is 79.9. The quantitative estimate of drug-likeness (QED) is 0.278. The lowest BCUT2D eigenvalue weighted by atomic mass is 9.97. The summed E-state index contributed by atoms with van der Waals surface area (Å²) in [5.74, 6) is -3.42. The number of hydrogen-bond donors (Lipinski definition) is 0. The molecular weight excluding hydrogens is 576 g/mol. The van der Waals surface area contributed by atoms with Crippen molar-refractivity contribution >= 4 is 40.1 Å². The number of methoxy groups -OCH3 is 1. The summed E-state index contributed by atoms with van der Waals surface area (Å²) in [5.41, 5.74) is 0.508. The Bertz CT molecular complexity index is 1290. The van der Waals surface area contributed by atoms with E-state index >= 15 is 0 Å². The zero-order valence-corrected chi connectivity index (χ0v) is 22.1. The lowest BCUT2D eigenvalue weighted by Crippen LogP contribution is -2.63. The number of carbonyl (C=O) groups excluding carboxylic acids is 4. The Labute approximate surface area is 232 Å². The molecule has 0 spiro atoms. The van der Waals surface area contributed by atoms with Crippen molar-refractivity contribution in [2.24, 2.45) is 0 Å². The standard InChI is InChI=1S/C28H23BrO10/c1-34-27(33)22-20(35-24(30)17-11-5-2-6-12-17)21(36-25(31)18-13-7-3-8-14-18)23(28(38-22)39-29)37-26(32)19-15-9-4-10-16-19/h2-16,20-23,28H,1H3. The highest BCUT2D eigenvalue weighted by molar-refractivity contribution is 9.06. The molecule has 3 aromatic rings. The van der Waals surface area contributed by atoms with Crippen molar-refractivity contribution < 1.29 is 46.7 Å². The van der Waals surface area contributed by atoms with E-state index in [1.807, 2.05) is 0 Å². The molecule has 4 rings (SSSR count). The molecule has 0 N–H and O–H groups in total. The SMILES string of the molecule is COC(=O)C1OC(OBr)C(OC(=O)c2ccccc2)C(OC(=O)c2ccccc2)C1OC(=O)c1ccccc1. The van der Waals surface area contributed by atoms with E-state index in [2.05, 4.69) is 16.3 Å². The number of halogens is 1. The Kier molecular flexibility index (Phi) is 9.42. The van der Waals surface area contributed by atoms with Crippen LogP contribution in [0.4, 0.5) is 0 Å². The summed E-state index contributed by atoms with van der Waals surface area (Å²) in [6.45, 7) is 0. The smallest absolute Gasteiger partial charge is 0.339 e. The van der Waals surface area contributed by atoms with Gasteiger partial charge in [-0.2, -0.15) is 0 Å². The second-order valence-corrected chi connectivity index (χ2v) is 8.62. The zero-order chi connectivity index (χ0) is 27.8. The molecule has 5 unspecified atom stereocenters. The molecule has 202 valence electrons.